The summed E-state index contributed by atoms with van der Waals surface area (Å²) in [6.07, 6.45) is 3.92. The van der Waals surface area contributed by atoms with Gasteiger partial charge in [-0.05, 0) is 93.6 Å². The Hall–Kier alpha value is -5.76. The van der Waals surface area contributed by atoms with E-state index < -0.39 is 29.7 Å². The smallest absolute Gasteiger partial charge is 0.262 e. The van der Waals surface area contributed by atoms with Crippen LogP contribution in [-0.2, 0) is 16.1 Å². The van der Waals surface area contributed by atoms with Gasteiger partial charge in [0.05, 0.1) is 39.5 Å². The highest BCUT2D eigenvalue weighted by atomic mass is 35.5. The first-order valence-corrected chi connectivity index (χ1v) is 21.6. The van der Waals surface area contributed by atoms with Crippen molar-refractivity contribution in [2.24, 2.45) is 16.7 Å². The number of carbonyl (C=O) groups excluding carboxylic acids is 5. The highest BCUT2D eigenvalue weighted by Crippen LogP contribution is 2.59. The van der Waals surface area contributed by atoms with Gasteiger partial charge in [0.1, 0.15) is 29.7 Å². The summed E-state index contributed by atoms with van der Waals surface area (Å²) < 4.78 is 6.47. The molecule has 9 rings (SSSR count). The maximum absolute atomic E-state index is 13.8. The predicted molar refractivity (Wildman–Crippen MR) is 226 cm³/mol. The van der Waals surface area contributed by atoms with Gasteiger partial charge in [0.2, 0.25) is 11.8 Å². The minimum Gasteiger partial charge on any atom is -0.489 e. The van der Waals surface area contributed by atoms with E-state index in [1.807, 2.05) is 23.1 Å². The molecule has 314 valence electrons. The van der Waals surface area contributed by atoms with Crippen molar-refractivity contribution in [3.63, 3.8) is 0 Å². The number of aromatic nitrogens is 1. The number of pyridine rings is 1. The molecule has 14 heteroatoms. The maximum atomic E-state index is 13.8. The molecule has 1 atom stereocenters. The van der Waals surface area contributed by atoms with Crippen molar-refractivity contribution in [1.29, 1.82) is 5.26 Å². The first-order chi connectivity index (χ1) is 29.1. The molecule has 3 aromatic rings. The largest absolute Gasteiger partial charge is 0.489 e. The number of rotatable bonds is 6. The summed E-state index contributed by atoms with van der Waals surface area (Å²) in [4.78, 5) is 77.1. The third-order valence-electron chi connectivity index (χ3n) is 13.9. The van der Waals surface area contributed by atoms with Gasteiger partial charge in [-0.2, -0.15) is 5.26 Å². The number of imide groups is 2. The maximum Gasteiger partial charge on any atom is 0.262 e. The second kappa shape index (κ2) is 15.3. The van der Waals surface area contributed by atoms with Crippen LogP contribution in [0, 0.1) is 39.9 Å². The van der Waals surface area contributed by atoms with Gasteiger partial charge in [0.25, 0.3) is 17.7 Å². The molecule has 1 aliphatic carbocycles. The Balaban J connectivity index is 0.770. The number of nitrogens with zero attached hydrogens (tertiary/aromatic N) is 6. The Morgan fingerprint density at radius 2 is 1.52 bits per heavy atom. The Labute approximate surface area is 360 Å². The molecular formula is C47H48ClN7O6. The monoisotopic (exact) mass is 841 g/mol. The van der Waals surface area contributed by atoms with Crippen LogP contribution in [0.1, 0.15) is 114 Å². The molecule has 5 amide bonds. The third kappa shape index (κ3) is 7.02. The molecule has 6 heterocycles. The molecule has 6 aliphatic rings. The van der Waals surface area contributed by atoms with Crippen LogP contribution < -0.4 is 15.0 Å². The van der Waals surface area contributed by atoms with Gasteiger partial charge in [0, 0.05) is 60.1 Å². The van der Waals surface area contributed by atoms with Gasteiger partial charge >= 0.3 is 0 Å². The summed E-state index contributed by atoms with van der Waals surface area (Å²) in [6, 6.07) is 15.6. The van der Waals surface area contributed by atoms with Crippen LogP contribution in [0.3, 0.4) is 0 Å². The summed E-state index contributed by atoms with van der Waals surface area (Å²) in [7, 11) is 0. The number of hydrogen-bond donors (Lipinski definition) is 1. The zero-order chi connectivity index (χ0) is 43.0. The number of nitriles is 1. The van der Waals surface area contributed by atoms with Gasteiger partial charge in [0.15, 0.2) is 0 Å². The summed E-state index contributed by atoms with van der Waals surface area (Å²) in [5, 5.41) is 11.9. The molecule has 1 saturated carbocycles. The Morgan fingerprint density at radius 3 is 2.21 bits per heavy atom. The molecule has 5 aliphatic heterocycles. The number of fused-ring (bicyclic) bond motifs is 2. The van der Waals surface area contributed by atoms with Crippen molar-refractivity contribution < 1.29 is 28.7 Å². The Bertz CT molecular complexity index is 2470. The Kier molecular flexibility index (Phi) is 10.2. The molecule has 0 bridgehead atoms. The van der Waals surface area contributed by atoms with Gasteiger partial charge in [-0.25, -0.2) is 4.98 Å². The lowest BCUT2D eigenvalue weighted by atomic mass is 9.49. The average molecular weight is 842 g/mol. The molecule has 3 saturated heterocycles. The van der Waals surface area contributed by atoms with E-state index in [9.17, 15) is 29.2 Å². The number of anilines is 1. The minimum atomic E-state index is -0.979. The average Bonchev–Trinajstić information content (AvgIpc) is 3.68. The summed E-state index contributed by atoms with van der Waals surface area (Å²) >= 11 is 6.29. The predicted octanol–water partition coefficient (Wildman–Crippen LogP) is 5.58. The quantitative estimate of drug-likeness (QED) is 0.246. The fourth-order valence-corrected chi connectivity index (χ4v) is 11.4. The van der Waals surface area contributed by atoms with Gasteiger partial charge in [-0.15, -0.1) is 0 Å². The first kappa shape index (κ1) is 40.6. The number of carbonyl (C=O) groups is 5. The molecule has 1 N–H and O–H groups in total. The van der Waals surface area contributed by atoms with E-state index in [4.69, 9.17) is 21.3 Å². The summed E-state index contributed by atoms with van der Waals surface area (Å²) in [6.45, 7) is 12.5. The van der Waals surface area contributed by atoms with Crippen molar-refractivity contribution in [2.45, 2.75) is 97.0 Å². The second-order valence-corrected chi connectivity index (χ2v) is 18.8. The number of likely N-dealkylation sites (tertiary alicyclic amines) is 1. The van der Waals surface area contributed by atoms with E-state index in [2.05, 4.69) is 60.7 Å². The lowest BCUT2D eigenvalue weighted by Crippen LogP contribution is -2.74. The van der Waals surface area contributed by atoms with Crippen LogP contribution in [0.15, 0.2) is 48.5 Å². The van der Waals surface area contributed by atoms with Crippen LogP contribution in [0.25, 0.3) is 0 Å². The number of benzene rings is 2. The molecule has 61 heavy (non-hydrogen) atoms. The third-order valence-corrected chi connectivity index (χ3v) is 14.2. The normalized spacial score (nSPS) is 25.0. The molecule has 0 spiro atoms. The molecule has 0 radical (unpaired) electrons. The molecule has 1 unspecified atom stereocenters. The number of halogens is 1. The van der Waals surface area contributed by atoms with Gasteiger partial charge in [-0.3, -0.25) is 34.2 Å². The van der Waals surface area contributed by atoms with E-state index >= 15 is 0 Å². The van der Waals surface area contributed by atoms with Crippen molar-refractivity contribution >= 4 is 46.8 Å². The van der Waals surface area contributed by atoms with Crippen molar-refractivity contribution in [2.75, 3.05) is 31.1 Å². The van der Waals surface area contributed by atoms with Gasteiger partial charge in [-0.1, -0.05) is 45.2 Å². The van der Waals surface area contributed by atoms with E-state index in [0.29, 0.717) is 51.3 Å². The van der Waals surface area contributed by atoms with E-state index in [-0.39, 0.29) is 47.6 Å². The molecule has 4 fully saturated rings. The lowest BCUT2D eigenvalue weighted by Gasteiger charge is -2.65. The SMILES string of the molecule is CC1(C)[C@H](Oc2ccc(C#N)c(Cl)c2)C(C)(C)[C@H]1N1Cc2nc(C#CC3CCN(C4CCN(c5ccc6c(c5)C(=O)N(C5CCC(=O)NC5=O)C6=O)CC4)CC3)ccc2C1=O. The molecule has 2 aromatic carbocycles. The zero-order valence-corrected chi connectivity index (χ0v) is 35.6. The van der Waals surface area contributed by atoms with Crippen LogP contribution in [0.4, 0.5) is 5.69 Å². The van der Waals surface area contributed by atoms with Crippen LogP contribution >= 0.6 is 11.6 Å². The first-order valence-electron chi connectivity index (χ1n) is 21.2. The van der Waals surface area contributed by atoms with Gasteiger partial charge < -0.3 is 19.4 Å². The van der Waals surface area contributed by atoms with Crippen molar-refractivity contribution in [1.82, 2.24) is 25.0 Å². The van der Waals surface area contributed by atoms with Crippen molar-refractivity contribution in [3.8, 4) is 23.7 Å². The van der Waals surface area contributed by atoms with Crippen LogP contribution in [0.2, 0.25) is 5.02 Å². The number of amides is 5. The second-order valence-electron chi connectivity index (χ2n) is 18.4. The van der Waals surface area contributed by atoms with Crippen LogP contribution in [0.5, 0.6) is 5.75 Å². The highest BCUT2D eigenvalue weighted by molar-refractivity contribution is 6.31. The molecule has 13 nitrogen and oxygen atoms in total. The fourth-order valence-electron chi connectivity index (χ4n) is 11.2. The lowest BCUT2D eigenvalue weighted by molar-refractivity contribution is -0.199. The van der Waals surface area contributed by atoms with E-state index in [1.165, 1.54) is 0 Å². The molecular weight excluding hydrogens is 794 g/mol. The fraction of sp³-hybridized carbons (Fsp3) is 0.468. The van der Waals surface area contributed by atoms with E-state index in [1.54, 1.807) is 30.3 Å². The number of hydrogen-bond acceptors (Lipinski definition) is 10. The molecule has 1 aromatic heterocycles. The number of ether oxygens (including phenoxy) is 1. The summed E-state index contributed by atoms with van der Waals surface area (Å²) in [5.41, 5.74) is 3.19. The highest BCUT2D eigenvalue weighted by Gasteiger charge is 2.67. The minimum absolute atomic E-state index is 0.0246. The summed E-state index contributed by atoms with van der Waals surface area (Å²) in [5.74, 6) is 5.66. The number of piperidine rings is 3. The Morgan fingerprint density at radius 1 is 0.820 bits per heavy atom. The topological polar surface area (TPSA) is 156 Å². The zero-order valence-electron chi connectivity index (χ0n) is 34.8. The number of nitrogens with one attached hydrogen (secondary N) is 1. The van der Waals surface area contributed by atoms with Crippen molar-refractivity contribution in [3.05, 3.63) is 87.2 Å². The standard InChI is InChI=1S/C47H48ClN7O6/c1-46(2)44(47(3,4)45(46)61-32-10-6-28(25-49)36(48)24-32)54-26-37-34(41(54)58)11-8-29(50-37)7-5-27-15-19-52(20-16-27)30-17-21-53(22-18-30)31-9-12-33-35(23-31)43(60)55(42(33)59)38-13-14-39(56)51-40(38)57/h6,8-12,23-24,27,30,38,44-45H,13-22,26H2,1-4H3,(H,51,56,57)/t38?,44-,45-. The van der Waals surface area contributed by atoms with E-state index in [0.717, 1.165) is 68.1 Å². The van der Waals surface area contributed by atoms with Crippen LogP contribution in [-0.4, -0.2) is 99.6 Å².